The van der Waals surface area contributed by atoms with Crippen LogP contribution in [0.4, 0.5) is 0 Å². The van der Waals surface area contributed by atoms with Crippen LogP contribution >= 0.6 is 0 Å². The summed E-state index contributed by atoms with van der Waals surface area (Å²) < 4.78 is 28.1. The van der Waals surface area contributed by atoms with Crippen molar-refractivity contribution in [1.82, 2.24) is 14.9 Å². The number of nitrogens with one attached hydrogen (secondary N) is 2. The fourth-order valence-electron chi connectivity index (χ4n) is 4.86. The Bertz CT molecular complexity index is 875. The van der Waals surface area contributed by atoms with E-state index in [0.29, 0.717) is 24.6 Å². The number of carbonyl (C=O) groups is 1. The van der Waals surface area contributed by atoms with Gasteiger partial charge in [-0.05, 0) is 83.9 Å². The second-order valence-corrected chi connectivity index (χ2v) is 12.4. The van der Waals surface area contributed by atoms with Crippen LogP contribution in [0.2, 0.25) is 0 Å². The monoisotopic (exact) mass is 449 g/mol. The summed E-state index contributed by atoms with van der Waals surface area (Å²) in [5, 5.41) is 3.68. The first-order chi connectivity index (χ1) is 14.4. The highest BCUT2D eigenvalue weighted by Gasteiger charge is 2.41. The Morgan fingerprint density at radius 3 is 2.39 bits per heavy atom. The Balaban J connectivity index is 1.84. The van der Waals surface area contributed by atoms with Gasteiger partial charge in [0.1, 0.15) is 0 Å². The Morgan fingerprint density at radius 1 is 1.16 bits per heavy atom. The highest BCUT2D eigenvalue weighted by molar-refractivity contribution is 7.89. The fourth-order valence-corrected chi connectivity index (χ4v) is 6.02. The molecule has 1 aromatic rings. The zero-order chi connectivity index (χ0) is 22.9. The van der Waals surface area contributed by atoms with E-state index in [1.807, 2.05) is 4.90 Å². The molecule has 0 spiro atoms. The zero-order valence-corrected chi connectivity index (χ0v) is 20.5. The molecule has 174 valence electrons. The summed E-state index contributed by atoms with van der Waals surface area (Å²) in [7, 11) is -3.61. The lowest BCUT2D eigenvalue weighted by Gasteiger charge is -2.49. The minimum Gasteiger partial charge on any atom is -0.336 e. The normalized spacial score (nSPS) is 21.1. The molecule has 1 amide bonds. The SMILES string of the molecule is CCCCN(C(=O)c1cccc(S(=O)(=O)NCC2CC2)c1)C1CC(C)(C)NC(C)(C)C1. The molecule has 1 aliphatic heterocycles. The number of sulfonamides is 1. The number of benzene rings is 1. The predicted molar refractivity (Wildman–Crippen MR) is 125 cm³/mol. The molecule has 1 saturated carbocycles. The van der Waals surface area contributed by atoms with E-state index in [1.165, 1.54) is 6.07 Å². The topological polar surface area (TPSA) is 78.5 Å². The molecule has 31 heavy (non-hydrogen) atoms. The maximum atomic E-state index is 13.6. The molecule has 3 rings (SSSR count). The minimum absolute atomic E-state index is 0.0743. The molecule has 0 radical (unpaired) electrons. The first kappa shape index (κ1) is 24.2. The van der Waals surface area contributed by atoms with E-state index in [0.717, 1.165) is 38.5 Å². The average molecular weight is 450 g/mol. The zero-order valence-electron chi connectivity index (χ0n) is 19.7. The number of hydrogen-bond acceptors (Lipinski definition) is 4. The third-order valence-electron chi connectivity index (χ3n) is 6.27. The van der Waals surface area contributed by atoms with Crippen molar-refractivity contribution in [2.24, 2.45) is 5.92 Å². The van der Waals surface area contributed by atoms with Gasteiger partial charge >= 0.3 is 0 Å². The van der Waals surface area contributed by atoms with Crippen LogP contribution in [-0.4, -0.2) is 49.4 Å². The molecule has 1 aromatic carbocycles. The maximum Gasteiger partial charge on any atom is 0.254 e. The molecule has 0 unspecified atom stereocenters. The molecule has 2 fully saturated rings. The molecule has 0 bridgehead atoms. The Morgan fingerprint density at radius 2 is 1.81 bits per heavy atom. The van der Waals surface area contributed by atoms with Crippen molar-refractivity contribution in [1.29, 1.82) is 0 Å². The van der Waals surface area contributed by atoms with Gasteiger partial charge in [-0.1, -0.05) is 19.4 Å². The molecule has 1 saturated heterocycles. The molecule has 0 atom stereocenters. The van der Waals surface area contributed by atoms with Gasteiger partial charge in [0, 0.05) is 35.8 Å². The van der Waals surface area contributed by atoms with Crippen molar-refractivity contribution in [2.75, 3.05) is 13.1 Å². The second kappa shape index (κ2) is 9.20. The van der Waals surface area contributed by atoms with Gasteiger partial charge in [0.15, 0.2) is 0 Å². The Labute approximate surface area is 188 Å². The highest BCUT2D eigenvalue weighted by Crippen LogP contribution is 2.33. The number of rotatable bonds is 9. The van der Waals surface area contributed by atoms with Crippen LogP contribution < -0.4 is 10.0 Å². The first-order valence-corrected chi connectivity index (χ1v) is 13.1. The molecule has 6 nitrogen and oxygen atoms in total. The van der Waals surface area contributed by atoms with Crippen LogP contribution in [0.5, 0.6) is 0 Å². The van der Waals surface area contributed by atoms with Gasteiger partial charge in [-0.25, -0.2) is 13.1 Å². The van der Waals surface area contributed by atoms with Crippen molar-refractivity contribution in [3.8, 4) is 0 Å². The van der Waals surface area contributed by atoms with Gasteiger partial charge in [-0.15, -0.1) is 0 Å². The van der Waals surface area contributed by atoms with Crippen LogP contribution in [0.3, 0.4) is 0 Å². The number of piperidine rings is 1. The largest absolute Gasteiger partial charge is 0.336 e. The van der Waals surface area contributed by atoms with Crippen LogP contribution in [0.25, 0.3) is 0 Å². The van der Waals surface area contributed by atoms with Crippen molar-refractivity contribution in [2.45, 2.75) is 95.2 Å². The van der Waals surface area contributed by atoms with E-state index in [4.69, 9.17) is 0 Å². The van der Waals surface area contributed by atoms with Crippen molar-refractivity contribution in [3.05, 3.63) is 29.8 Å². The third-order valence-corrected chi connectivity index (χ3v) is 7.69. The van der Waals surface area contributed by atoms with E-state index in [-0.39, 0.29) is 27.9 Å². The van der Waals surface area contributed by atoms with Crippen molar-refractivity contribution < 1.29 is 13.2 Å². The van der Waals surface area contributed by atoms with Crippen LogP contribution in [0, 0.1) is 5.92 Å². The Kier molecular flexibility index (Phi) is 7.18. The number of amides is 1. The number of nitrogens with zero attached hydrogens (tertiary/aromatic N) is 1. The predicted octanol–water partition coefficient (Wildman–Crippen LogP) is 3.93. The summed E-state index contributed by atoms with van der Waals surface area (Å²) in [6, 6.07) is 6.62. The molecular weight excluding hydrogens is 410 g/mol. The smallest absolute Gasteiger partial charge is 0.254 e. The average Bonchev–Trinajstić information content (AvgIpc) is 3.49. The maximum absolute atomic E-state index is 13.6. The van der Waals surface area contributed by atoms with Crippen LogP contribution in [-0.2, 0) is 10.0 Å². The minimum atomic E-state index is -3.61. The molecule has 2 aliphatic rings. The van der Waals surface area contributed by atoms with Crippen molar-refractivity contribution >= 4 is 15.9 Å². The van der Waals surface area contributed by atoms with Gasteiger partial charge in [-0.3, -0.25) is 4.79 Å². The Hall–Kier alpha value is -1.44. The van der Waals surface area contributed by atoms with E-state index < -0.39 is 10.0 Å². The van der Waals surface area contributed by atoms with Crippen LogP contribution in [0.1, 0.15) is 83.5 Å². The van der Waals surface area contributed by atoms with Gasteiger partial charge in [0.05, 0.1) is 4.90 Å². The van der Waals surface area contributed by atoms with Gasteiger partial charge in [-0.2, -0.15) is 0 Å². The van der Waals surface area contributed by atoms with E-state index in [9.17, 15) is 13.2 Å². The van der Waals surface area contributed by atoms with E-state index in [2.05, 4.69) is 44.7 Å². The fraction of sp³-hybridized carbons (Fsp3) is 0.708. The molecule has 1 heterocycles. The van der Waals surface area contributed by atoms with E-state index in [1.54, 1.807) is 18.2 Å². The summed E-state index contributed by atoms with van der Waals surface area (Å²) in [5.74, 6) is 0.377. The summed E-state index contributed by atoms with van der Waals surface area (Å²) in [6.45, 7) is 12.0. The molecular formula is C24H39N3O3S. The summed E-state index contributed by atoms with van der Waals surface area (Å²) in [5.41, 5.74) is 0.295. The molecule has 2 N–H and O–H groups in total. The molecule has 7 heteroatoms. The first-order valence-electron chi connectivity index (χ1n) is 11.6. The van der Waals surface area contributed by atoms with Gasteiger partial charge in [0.2, 0.25) is 10.0 Å². The molecule has 1 aliphatic carbocycles. The van der Waals surface area contributed by atoms with E-state index >= 15 is 0 Å². The number of hydrogen-bond donors (Lipinski definition) is 2. The lowest BCUT2D eigenvalue weighted by atomic mass is 9.78. The summed E-state index contributed by atoms with van der Waals surface area (Å²) >= 11 is 0. The quantitative estimate of drug-likeness (QED) is 0.599. The third kappa shape index (κ3) is 6.53. The van der Waals surface area contributed by atoms with Crippen LogP contribution in [0.15, 0.2) is 29.2 Å². The highest BCUT2D eigenvalue weighted by atomic mass is 32.2. The van der Waals surface area contributed by atoms with Gasteiger partial charge in [0.25, 0.3) is 5.91 Å². The van der Waals surface area contributed by atoms with Gasteiger partial charge < -0.3 is 10.2 Å². The lowest BCUT2D eigenvalue weighted by molar-refractivity contribution is 0.0441. The summed E-state index contributed by atoms with van der Waals surface area (Å²) in [6.07, 6.45) is 5.82. The second-order valence-electron chi connectivity index (χ2n) is 10.6. The molecule has 0 aromatic heterocycles. The van der Waals surface area contributed by atoms with Crippen molar-refractivity contribution in [3.63, 3.8) is 0 Å². The standard InChI is InChI=1S/C24H39N3O3S/c1-6-7-13-27(20-15-23(2,3)26-24(4,5)16-20)22(28)19-9-8-10-21(14-19)31(29,30)25-17-18-11-12-18/h8-10,14,18,20,25-26H,6-7,11-13,15-17H2,1-5H3. The lowest BCUT2D eigenvalue weighted by Crippen LogP contribution is -2.62. The summed E-state index contributed by atoms with van der Waals surface area (Å²) in [4.78, 5) is 15.8. The number of unbranched alkanes of at least 4 members (excludes halogenated alkanes) is 1. The number of carbonyl (C=O) groups excluding carboxylic acids is 1.